The number of ether oxygens (including phenoxy) is 1. The molecule has 5 nitrogen and oxygen atoms in total. The van der Waals surface area contributed by atoms with Crippen molar-refractivity contribution in [3.63, 3.8) is 0 Å². The SMILES string of the molecule is CCCOC(=O)c1ccc(NCC(=O)Nc2ccccc2C(C)C)cc1. The fourth-order valence-corrected chi connectivity index (χ4v) is 2.49. The van der Waals surface area contributed by atoms with Crippen LogP contribution in [0.2, 0.25) is 0 Å². The van der Waals surface area contributed by atoms with Gasteiger partial charge in [-0.25, -0.2) is 4.79 Å². The molecule has 0 unspecified atom stereocenters. The van der Waals surface area contributed by atoms with Crippen LogP contribution in [0.4, 0.5) is 11.4 Å². The minimum Gasteiger partial charge on any atom is -0.462 e. The molecule has 0 atom stereocenters. The number of para-hydroxylation sites is 1. The van der Waals surface area contributed by atoms with Gasteiger partial charge in [-0.15, -0.1) is 0 Å². The second-order valence-corrected chi connectivity index (χ2v) is 6.36. The van der Waals surface area contributed by atoms with Crippen LogP contribution in [-0.2, 0) is 9.53 Å². The van der Waals surface area contributed by atoms with E-state index in [2.05, 4.69) is 24.5 Å². The van der Waals surface area contributed by atoms with Crippen molar-refractivity contribution >= 4 is 23.3 Å². The van der Waals surface area contributed by atoms with E-state index in [1.807, 2.05) is 31.2 Å². The lowest BCUT2D eigenvalue weighted by Gasteiger charge is -2.14. The molecule has 0 saturated carbocycles. The summed E-state index contributed by atoms with van der Waals surface area (Å²) in [6.45, 7) is 6.69. The van der Waals surface area contributed by atoms with Crippen molar-refractivity contribution in [1.82, 2.24) is 0 Å². The Labute approximate surface area is 154 Å². The predicted molar refractivity (Wildman–Crippen MR) is 105 cm³/mol. The van der Waals surface area contributed by atoms with E-state index in [1.165, 1.54) is 0 Å². The van der Waals surface area contributed by atoms with Gasteiger partial charge in [0.05, 0.1) is 18.7 Å². The summed E-state index contributed by atoms with van der Waals surface area (Å²) in [7, 11) is 0. The molecule has 2 N–H and O–H groups in total. The minimum absolute atomic E-state index is 0.121. The Hall–Kier alpha value is -2.82. The van der Waals surface area contributed by atoms with Gasteiger partial charge in [-0.2, -0.15) is 0 Å². The largest absolute Gasteiger partial charge is 0.462 e. The van der Waals surface area contributed by atoms with Gasteiger partial charge >= 0.3 is 5.97 Å². The van der Waals surface area contributed by atoms with Gasteiger partial charge in [0.15, 0.2) is 0 Å². The molecule has 0 fully saturated rings. The molecule has 0 aromatic heterocycles. The predicted octanol–water partition coefficient (Wildman–Crippen LogP) is 4.43. The molecule has 0 aliphatic heterocycles. The Morgan fingerprint density at radius 1 is 1.04 bits per heavy atom. The molecule has 2 rings (SSSR count). The molecule has 0 radical (unpaired) electrons. The van der Waals surface area contributed by atoms with Crippen LogP contribution in [0.15, 0.2) is 48.5 Å². The Kier molecular flexibility index (Phi) is 7.21. The van der Waals surface area contributed by atoms with E-state index in [4.69, 9.17) is 4.74 Å². The third-order valence-electron chi connectivity index (χ3n) is 3.87. The summed E-state index contributed by atoms with van der Waals surface area (Å²) in [6.07, 6.45) is 0.792. The topological polar surface area (TPSA) is 67.4 Å². The maximum absolute atomic E-state index is 12.2. The number of rotatable bonds is 8. The fourth-order valence-electron chi connectivity index (χ4n) is 2.49. The molecular weight excluding hydrogens is 328 g/mol. The molecule has 2 aromatic carbocycles. The van der Waals surface area contributed by atoms with Crippen molar-refractivity contribution in [3.8, 4) is 0 Å². The average molecular weight is 354 g/mol. The fraction of sp³-hybridized carbons (Fsp3) is 0.333. The van der Waals surface area contributed by atoms with Crippen LogP contribution in [-0.4, -0.2) is 25.0 Å². The van der Waals surface area contributed by atoms with Gasteiger partial charge in [-0.3, -0.25) is 4.79 Å². The number of hydrogen-bond acceptors (Lipinski definition) is 4. The average Bonchev–Trinajstić information content (AvgIpc) is 2.65. The zero-order valence-corrected chi connectivity index (χ0v) is 15.5. The van der Waals surface area contributed by atoms with Crippen molar-refractivity contribution in [2.24, 2.45) is 0 Å². The summed E-state index contributed by atoms with van der Waals surface area (Å²) in [5.41, 5.74) is 3.21. The zero-order chi connectivity index (χ0) is 18.9. The summed E-state index contributed by atoms with van der Waals surface area (Å²) >= 11 is 0. The van der Waals surface area contributed by atoms with Gasteiger partial charge in [0.1, 0.15) is 0 Å². The quantitative estimate of drug-likeness (QED) is 0.688. The highest BCUT2D eigenvalue weighted by atomic mass is 16.5. The molecule has 0 bridgehead atoms. The smallest absolute Gasteiger partial charge is 0.338 e. The zero-order valence-electron chi connectivity index (χ0n) is 15.5. The van der Waals surface area contributed by atoms with E-state index in [-0.39, 0.29) is 18.4 Å². The normalized spacial score (nSPS) is 10.5. The van der Waals surface area contributed by atoms with Gasteiger partial charge in [0.2, 0.25) is 5.91 Å². The van der Waals surface area contributed by atoms with Gasteiger partial charge in [-0.1, -0.05) is 39.0 Å². The molecule has 0 heterocycles. The molecule has 0 aliphatic carbocycles. The Bertz CT molecular complexity index is 739. The Morgan fingerprint density at radius 3 is 2.38 bits per heavy atom. The number of anilines is 2. The lowest BCUT2D eigenvalue weighted by atomic mass is 10.0. The van der Waals surface area contributed by atoms with Crippen molar-refractivity contribution < 1.29 is 14.3 Å². The molecule has 0 spiro atoms. The summed E-state index contributed by atoms with van der Waals surface area (Å²) in [5.74, 6) is -0.120. The molecule has 138 valence electrons. The molecule has 1 amide bonds. The number of esters is 1. The monoisotopic (exact) mass is 354 g/mol. The maximum Gasteiger partial charge on any atom is 0.338 e. The number of carbonyl (C=O) groups excluding carboxylic acids is 2. The second kappa shape index (κ2) is 9.61. The van der Waals surface area contributed by atoms with E-state index in [9.17, 15) is 9.59 Å². The molecular formula is C21H26N2O3. The summed E-state index contributed by atoms with van der Waals surface area (Å²) in [5, 5.41) is 6.00. The molecule has 5 heteroatoms. The van der Waals surface area contributed by atoms with Crippen LogP contribution >= 0.6 is 0 Å². The highest BCUT2D eigenvalue weighted by molar-refractivity contribution is 5.94. The van der Waals surface area contributed by atoms with E-state index in [0.717, 1.165) is 23.4 Å². The first-order valence-corrected chi connectivity index (χ1v) is 8.91. The number of benzene rings is 2. The number of nitrogens with one attached hydrogen (secondary N) is 2. The summed E-state index contributed by atoms with van der Waals surface area (Å²) in [6, 6.07) is 14.7. The van der Waals surface area contributed by atoms with Crippen LogP contribution in [0.1, 0.15) is 49.0 Å². The van der Waals surface area contributed by atoms with Gasteiger partial charge in [0, 0.05) is 11.4 Å². The van der Waals surface area contributed by atoms with Gasteiger partial charge in [0.25, 0.3) is 0 Å². The third kappa shape index (κ3) is 5.62. The van der Waals surface area contributed by atoms with Crippen LogP contribution < -0.4 is 10.6 Å². The number of carbonyl (C=O) groups is 2. The first-order chi connectivity index (χ1) is 12.5. The van der Waals surface area contributed by atoms with E-state index in [0.29, 0.717) is 18.1 Å². The second-order valence-electron chi connectivity index (χ2n) is 6.36. The molecule has 26 heavy (non-hydrogen) atoms. The van der Waals surface area contributed by atoms with Gasteiger partial charge < -0.3 is 15.4 Å². The first kappa shape index (κ1) is 19.5. The Morgan fingerprint density at radius 2 is 1.73 bits per heavy atom. The standard InChI is InChI=1S/C21H26N2O3/c1-4-13-26-21(25)16-9-11-17(12-10-16)22-14-20(24)23-19-8-6-5-7-18(19)15(2)3/h5-12,15,22H,4,13-14H2,1-3H3,(H,23,24). The first-order valence-electron chi connectivity index (χ1n) is 8.91. The molecule has 0 aliphatic rings. The Balaban J connectivity index is 1.89. The highest BCUT2D eigenvalue weighted by Gasteiger charge is 2.10. The van der Waals surface area contributed by atoms with E-state index >= 15 is 0 Å². The van der Waals surface area contributed by atoms with Crippen molar-refractivity contribution in [3.05, 3.63) is 59.7 Å². The lowest BCUT2D eigenvalue weighted by Crippen LogP contribution is -2.22. The highest BCUT2D eigenvalue weighted by Crippen LogP contribution is 2.23. The van der Waals surface area contributed by atoms with Crippen molar-refractivity contribution in [1.29, 1.82) is 0 Å². The minimum atomic E-state index is -0.332. The maximum atomic E-state index is 12.2. The molecule has 0 saturated heterocycles. The van der Waals surface area contributed by atoms with Crippen LogP contribution in [0.25, 0.3) is 0 Å². The van der Waals surface area contributed by atoms with Crippen LogP contribution in [0.3, 0.4) is 0 Å². The van der Waals surface area contributed by atoms with Crippen LogP contribution in [0.5, 0.6) is 0 Å². The molecule has 2 aromatic rings. The number of amides is 1. The lowest BCUT2D eigenvalue weighted by molar-refractivity contribution is -0.114. The van der Waals surface area contributed by atoms with Gasteiger partial charge in [-0.05, 0) is 48.2 Å². The summed E-state index contributed by atoms with van der Waals surface area (Å²) < 4.78 is 5.09. The number of hydrogen-bond donors (Lipinski definition) is 2. The van der Waals surface area contributed by atoms with Crippen molar-refractivity contribution in [2.45, 2.75) is 33.1 Å². The third-order valence-corrected chi connectivity index (χ3v) is 3.87. The summed E-state index contributed by atoms with van der Waals surface area (Å²) in [4.78, 5) is 24.0. The van der Waals surface area contributed by atoms with Crippen molar-refractivity contribution in [2.75, 3.05) is 23.8 Å². The van der Waals surface area contributed by atoms with E-state index < -0.39 is 0 Å². The van der Waals surface area contributed by atoms with E-state index in [1.54, 1.807) is 24.3 Å². The van der Waals surface area contributed by atoms with Crippen LogP contribution in [0, 0.1) is 0 Å².